The van der Waals surface area contributed by atoms with Crippen LogP contribution in [0.3, 0.4) is 0 Å². The molecule has 0 saturated heterocycles. The molecule has 0 bridgehead atoms. The molecule has 0 spiro atoms. The Kier molecular flexibility index (Phi) is 3.29. The molecule has 2 aromatic carbocycles. The van der Waals surface area contributed by atoms with Crippen molar-refractivity contribution in [1.82, 2.24) is 0 Å². The number of phenolic OH excluding ortho intramolecular Hbond substituents is 1. The van der Waals surface area contributed by atoms with Crippen LogP contribution in [0.5, 0.6) is 34.5 Å². The Morgan fingerprint density at radius 3 is 2.61 bits per heavy atom. The summed E-state index contributed by atoms with van der Waals surface area (Å²) in [6, 6.07) is 7.64. The zero-order chi connectivity index (χ0) is 15.8. The van der Waals surface area contributed by atoms with Crippen LogP contribution >= 0.6 is 0 Å². The van der Waals surface area contributed by atoms with Crippen LogP contribution in [0.2, 0.25) is 0 Å². The third-order valence-electron chi connectivity index (χ3n) is 4.00. The topological polar surface area (TPSA) is 66.4 Å². The van der Waals surface area contributed by atoms with E-state index in [0.717, 1.165) is 29.0 Å². The summed E-state index contributed by atoms with van der Waals surface area (Å²) >= 11 is 0. The first-order chi connectivity index (χ1) is 11.3. The van der Waals surface area contributed by atoms with Crippen molar-refractivity contribution in [3.8, 4) is 34.5 Å². The van der Waals surface area contributed by atoms with E-state index in [1.165, 1.54) is 0 Å². The lowest BCUT2D eigenvalue weighted by molar-refractivity contribution is 0.169. The Hall–Kier alpha value is -2.76. The maximum absolute atomic E-state index is 10.4. The first-order valence-electron chi connectivity index (χ1n) is 7.33. The molecule has 120 valence electrons. The molecule has 2 aliphatic heterocycles. The van der Waals surface area contributed by atoms with E-state index in [0.29, 0.717) is 23.7 Å². The third kappa shape index (κ3) is 2.36. The fourth-order valence-electron chi connectivity index (χ4n) is 2.79. The number of phenols is 1. The minimum atomic E-state index is 0.0882. The zero-order valence-electron chi connectivity index (χ0n) is 12.6. The lowest BCUT2D eigenvalue weighted by Crippen LogP contribution is -1.95. The SMILES string of the molecule is COc1cc(CCc2ccc3c(c2)OCO3)c(O)c2c1OCO2. The molecule has 0 aromatic heterocycles. The Morgan fingerprint density at radius 2 is 1.74 bits per heavy atom. The number of ether oxygens (including phenoxy) is 5. The predicted octanol–water partition coefficient (Wildman–Crippen LogP) is 2.64. The Balaban J connectivity index is 1.57. The molecular formula is C17H16O6. The van der Waals surface area contributed by atoms with Crippen LogP contribution in [0.15, 0.2) is 24.3 Å². The first-order valence-corrected chi connectivity index (χ1v) is 7.33. The Bertz CT molecular complexity index is 755. The van der Waals surface area contributed by atoms with E-state index in [1.807, 2.05) is 18.2 Å². The fourth-order valence-corrected chi connectivity index (χ4v) is 2.79. The van der Waals surface area contributed by atoms with E-state index < -0.39 is 0 Å². The fraction of sp³-hybridized carbons (Fsp3) is 0.294. The summed E-state index contributed by atoms with van der Waals surface area (Å²) < 4.78 is 26.7. The monoisotopic (exact) mass is 316 g/mol. The minimum Gasteiger partial charge on any atom is -0.504 e. The molecule has 0 atom stereocenters. The van der Waals surface area contributed by atoms with Gasteiger partial charge in [0.15, 0.2) is 23.0 Å². The number of hydrogen-bond acceptors (Lipinski definition) is 6. The summed E-state index contributed by atoms with van der Waals surface area (Å²) in [5, 5.41) is 10.4. The second kappa shape index (κ2) is 5.46. The molecule has 0 unspecified atom stereocenters. The molecule has 0 amide bonds. The average molecular weight is 316 g/mol. The Morgan fingerprint density at radius 1 is 0.957 bits per heavy atom. The van der Waals surface area contributed by atoms with Gasteiger partial charge in [-0.05, 0) is 36.6 Å². The molecule has 6 heteroatoms. The van der Waals surface area contributed by atoms with E-state index in [1.54, 1.807) is 13.2 Å². The number of benzene rings is 2. The second-order valence-corrected chi connectivity index (χ2v) is 5.34. The summed E-state index contributed by atoms with van der Waals surface area (Å²) in [4.78, 5) is 0. The lowest BCUT2D eigenvalue weighted by atomic mass is 10.0. The van der Waals surface area contributed by atoms with Gasteiger partial charge in [0, 0.05) is 5.56 Å². The van der Waals surface area contributed by atoms with Crippen LogP contribution in [0.1, 0.15) is 11.1 Å². The molecule has 0 radical (unpaired) electrons. The smallest absolute Gasteiger partial charge is 0.231 e. The van der Waals surface area contributed by atoms with Crippen molar-refractivity contribution >= 4 is 0 Å². The van der Waals surface area contributed by atoms with Crippen molar-refractivity contribution in [3.05, 3.63) is 35.4 Å². The van der Waals surface area contributed by atoms with Crippen molar-refractivity contribution < 1.29 is 28.8 Å². The van der Waals surface area contributed by atoms with Crippen molar-refractivity contribution in [2.75, 3.05) is 20.7 Å². The molecule has 6 nitrogen and oxygen atoms in total. The van der Waals surface area contributed by atoms with Crippen molar-refractivity contribution in [2.45, 2.75) is 12.8 Å². The third-order valence-corrected chi connectivity index (χ3v) is 4.00. The number of methoxy groups -OCH3 is 1. The van der Waals surface area contributed by atoms with Crippen LogP contribution < -0.4 is 23.7 Å². The maximum Gasteiger partial charge on any atom is 0.231 e. The molecule has 1 N–H and O–H groups in total. The van der Waals surface area contributed by atoms with Gasteiger partial charge < -0.3 is 28.8 Å². The predicted molar refractivity (Wildman–Crippen MR) is 80.8 cm³/mol. The average Bonchev–Trinajstić information content (AvgIpc) is 3.23. The van der Waals surface area contributed by atoms with Gasteiger partial charge in [-0.25, -0.2) is 0 Å². The van der Waals surface area contributed by atoms with E-state index in [9.17, 15) is 5.11 Å². The summed E-state index contributed by atoms with van der Waals surface area (Å²) in [6.45, 7) is 0.351. The molecule has 2 aliphatic rings. The van der Waals surface area contributed by atoms with Gasteiger partial charge in [0.05, 0.1) is 7.11 Å². The molecule has 23 heavy (non-hydrogen) atoms. The van der Waals surface area contributed by atoms with Gasteiger partial charge >= 0.3 is 0 Å². The van der Waals surface area contributed by atoms with Gasteiger partial charge in [0.25, 0.3) is 0 Å². The summed E-state index contributed by atoms with van der Waals surface area (Å²) in [5.74, 6) is 3.01. The van der Waals surface area contributed by atoms with Crippen LogP contribution in [0.25, 0.3) is 0 Å². The molecule has 0 fully saturated rings. The molecule has 4 rings (SSSR count). The van der Waals surface area contributed by atoms with Gasteiger partial charge in [0.1, 0.15) is 0 Å². The molecule has 0 aliphatic carbocycles. The first kappa shape index (κ1) is 13.9. The molecule has 2 aromatic rings. The second-order valence-electron chi connectivity index (χ2n) is 5.34. The quantitative estimate of drug-likeness (QED) is 0.935. The van der Waals surface area contributed by atoms with E-state index in [2.05, 4.69) is 0 Å². The standard InChI is InChI=1S/C17H16O6/c1-19-14-7-11(15(18)17-16(14)22-9-23-17)4-2-10-3-5-12-13(6-10)21-8-20-12/h3,5-7,18H,2,4,8-9H2,1H3. The van der Waals surface area contributed by atoms with Gasteiger partial charge in [-0.1, -0.05) is 6.07 Å². The Labute approximate surface area is 133 Å². The normalized spacial score (nSPS) is 14.1. The summed E-state index contributed by atoms with van der Waals surface area (Å²) in [5.41, 5.74) is 1.86. The highest BCUT2D eigenvalue weighted by Crippen LogP contribution is 2.49. The van der Waals surface area contributed by atoms with E-state index in [4.69, 9.17) is 23.7 Å². The van der Waals surface area contributed by atoms with Gasteiger partial charge in [0.2, 0.25) is 25.1 Å². The molecule has 0 saturated carbocycles. The highest BCUT2D eigenvalue weighted by atomic mass is 16.7. The number of fused-ring (bicyclic) bond motifs is 2. The lowest BCUT2D eigenvalue weighted by Gasteiger charge is -2.11. The van der Waals surface area contributed by atoms with Crippen molar-refractivity contribution in [2.24, 2.45) is 0 Å². The van der Waals surface area contributed by atoms with Crippen LogP contribution in [0.4, 0.5) is 0 Å². The zero-order valence-corrected chi connectivity index (χ0v) is 12.6. The molecular weight excluding hydrogens is 300 g/mol. The summed E-state index contributed by atoms with van der Waals surface area (Å²) in [6.07, 6.45) is 1.38. The number of aromatic hydroxyl groups is 1. The highest BCUT2D eigenvalue weighted by Gasteiger charge is 2.25. The number of rotatable bonds is 4. The van der Waals surface area contributed by atoms with Crippen LogP contribution in [0, 0.1) is 0 Å². The van der Waals surface area contributed by atoms with Crippen LogP contribution in [-0.4, -0.2) is 25.8 Å². The minimum absolute atomic E-state index is 0.0882. The van der Waals surface area contributed by atoms with Gasteiger partial charge in [-0.2, -0.15) is 0 Å². The number of aryl methyl sites for hydroxylation is 2. The van der Waals surface area contributed by atoms with Crippen molar-refractivity contribution in [3.63, 3.8) is 0 Å². The largest absolute Gasteiger partial charge is 0.504 e. The van der Waals surface area contributed by atoms with Gasteiger partial charge in [-0.3, -0.25) is 0 Å². The van der Waals surface area contributed by atoms with Gasteiger partial charge in [-0.15, -0.1) is 0 Å². The van der Waals surface area contributed by atoms with E-state index in [-0.39, 0.29) is 19.3 Å². The maximum atomic E-state index is 10.4. The van der Waals surface area contributed by atoms with E-state index >= 15 is 0 Å². The summed E-state index contributed by atoms with van der Waals surface area (Å²) in [7, 11) is 1.57. The molecule has 2 heterocycles. The number of hydrogen-bond donors (Lipinski definition) is 1. The highest BCUT2D eigenvalue weighted by molar-refractivity contribution is 5.63. The van der Waals surface area contributed by atoms with Crippen molar-refractivity contribution in [1.29, 1.82) is 0 Å². The van der Waals surface area contributed by atoms with Crippen LogP contribution in [-0.2, 0) is 12.8 Å².